The van der Waals surface area contributed by atoms with Crippen molar-refractivity contribution in [2.24, 2.45) is 5.73 Å². The summed E-state index contributed by atoms with van der Waals surface area (Å²) in [5.41, 5.74) is 7.58. The van der Waals surface area contributed by atoms with E-state index in [0.717, 1.165) is 17.4 Å². The highest BCUT2D eigenvalue weighted by molar-refractivity contribution is 7.91. The molecule has 0 bridgehead atoms. The molecule has 4 nitrogen and oxygen atoms in total. The second kappa shape index (κ2) is 4.95. The lowest BCUT2D eigenvalue weighted by molar-refractivity contribution is 0.278. The van der Waals surface area contributed by atoms with Gasteiger partial charge in [-0.05, 0) is 18.1 Å². The summed E-state index contributed by atoms with van der Waals surface area (Å²) in [6, 6.07) is 6.62. The van der Waals surface area contributed by atoms with Gasteiger partial charge in [0.25, 0.3) is 0 Å². The zero-order valence-corrected chi connectivity index (χ0v) is 10.2. The summed E-state index contributed by atoms with van der Waals surface area (Å²) in [6.07, 6.45) is 1.09. The topological polar surface area (TPSA) is 80.4 Å². The maximum absolute atomic E-state index is 11.4. The van der Waals surface area contributed by atoms with Crippen molar-refractivity contribution >= 4 is 9.84 Å². The Balaban J connectivity index is 3.10. The fourth-order valence-corrected chi connectivity index (χ4v) is 2.63. The fraction of sp³-hybridized carbons (Fsp3) is 0.455. The Bertz CT molecular complexity index is 456. The zero-order chi connectivity index (χ0) is 12.3. The maximum Gasteiger partial charge on any atom is 0.154 e. The number of aryl methyl sites for hydroxylation is 1. The summed E-state index contributed by atoms with van der Waals surface area (Å²) >= 11 is 0. The van der Waals surface area contributed by atoms with Crippen LogP contribution in [0.5, 0.6) is 0 Å². The molecule has 1 aromatic rings. The molecule has 0 heterocycles. The van der Waals surface area contributed by atoms with Crippen LogP contribution in [0.25, 0.3) is 0 Å². The van der Waals surface area contributed by atoms with Crippen LogP contribution in [-0.2, 0) is 9.84 Å². The molecule has 5 heteroatoms. The van der Waals surface area contributed by atoms with Crippen molar-refractivity contribution in [3.63, 3.8) is 0 Å². The zero-order valence-electron chi connectivity index (χ0n) is 9.42. The van der Waals surface area contributed by atoms with Crippen LogP contribution in [0.4, 0.5) is 0 Å². The summed E-state index contributed by atoms with van der Waals surface area (Å²) in [4.78, 5) is 0. The van der Waals surface area contributed by atoms with Gasteiger partial charge < -0.3 is 10.8 Å². The van der Waals surface area contributed by atoms with Gasteiger partial charge >= 0.3 is 0 Å². The Morgan fingerprint density at radius 1 is 1.38 bits per heavy atom. The van der Waals surface area contributed by atoms with Crippen molar-refractivity contribution in [3.8, 4) is 0 Å². The quantitative estimate of drug-likeness (QED) is 0.802. The van der Waals surface area contributed by atoms with E-state index in [4.69, 9.17) is 10.8 Å². The first-order valence-corrected chi connectivity index (χ1v) is 6.94. The number of aliphatic hydroxyl groups is 1. The predicted molar refractivity (Wildman–Crippen MR) is 63.8 cm³/mol. The molecular weight excluding hydrogens is 226 g/mol. The molecule has 0 amide bonds. The summed E-state index contributed by atoms with van der Waals surface area (Å²) < 4.78 is 22.9. The van der Waals surface area contributed by atoms with Crippen molar-refractivity contribution in [2.75, 3.05) is 12.9 Å². The van der Waals surface area contributed by atoms with Gasteiger partial charge in [-0.25, -0.2) is 8.42 Å². The SMILES string of the molecule is Cc1ccccc1[C@H](N)[C@@H](CO)S(C)(=O)=O. The van der Waals surface area contributed by atoms with Gasteiger partial charge in [0.05, 0.1) is 6.61 Å². The number of rotatable bonds is 4. The van der Waals surface area contributed by atoms with Crippen LogP contribution in [0.15, 0.2) is 24.3 Å². The first-order valence-electron chi connectivity index (χ1n) is 4.98. The summed E-state index contributed by atoms with van der Waals surface area (Å²) in [6.45, 7) is 1.40. The summed E-state index contributed by atoms with van der Waals surface area (Å²) in [5.74, 6) is 0. The van der Waals surface area contributed by atoms with Crippen LogP contribution in [0, 0.1) is 6.92 Å². The standard InChI is InChI=1S/C11H17NO3S/c1-8-5-3-4-6-9(8)11(12)10(7-13)16(2,14)15/h3-6,10-11,13H,7,12H2,1-2H3/t10-,11+/m1/s1. The highest BCUT2D eigenvalue weighted by Crippen LogP contribution is 2.22. The van der Waals surface area contributed by atoms with Crippen LogP contribution in [0.1, 0.15) is 17.2 Å². The van der Waals surface area contributed by atoms with E-state index in [9.17, 15) is 8.42 Å². The Kier molecular flexibility index (Phi) is 4.07. The van der Waals surface area contributed by atoms with Crippen molar-refractivity contribution < 1.29 is 13.5 Å². The lowest BCUT2D eigenvalue weighted by Gasteiger charge is -2.22. The van der Waals surface area contributed by atoms with Crippen molar-refractivity contribution in [2.45, 2.75) is 18.2 Å². The van der Waals surface area contributed by atoms with E-state index < -0.39 is 27.7 Å². The van der Waals surface area contributed by atoms with Crippen LogP contribution in [0.3, 0.4) is 0 Å². The predicted octanol–water partition coefficient (Wildman–Crippen LogP) is 0.400. The van der Waals surface area contributed by atoms with E-state index in [-0.39, 0.29) is 0 Å². The molecule has 1 aromatic carbocycles. The first-order chi connectivity index (χ1) is 7.38. The Labute approximate surface area is 96.0 Å². The van der Waals surface area contributed by atoms with Gasteiger partial charge in [0.2, 0.25) is 0 Å². The van der Waals surface area contributed by atoms with Crippen molar-refractivity contribution in [3.05, 3.63) is 35.4 Å². The largest absolute Gasteiger partial charge is 0.395 e. The van der Waals surface area contributed by atoms with E-state index in [1.54, 1.807) is 12.1 Å². The van der Waals surface area contributed by atoms with Gasteiger partial charge in [0, 0.05) is 12.3 Å². The number of benzene rings is 1. The lowest BCUT2D eigenvalue weighted by Crippen LogP contribution is -2.36. The molecular formula is C11H17NO3S. The minimum absolute atomic E-state index is 0.464. The average molecular weight is 243 g/mol. The van der Waals surface area contributed by atoms with Crippen LogP contribution < -0.4 is 5.73 Å². The lowest BCUT2D eigenvalue weighted by atomic mass is 10.00. The fourth-order valence-electron chi connectivity index (χ4n) is 1.68. The van der Waals surface area contributed by atoms with Gasteiger partial charge in [-0.3, -0.25) is 0 Å². The molecule has 0 aliphatic carbocycles. The normalized spacial score (nSPS) is 15.8. The average Bonchev–Trinajstić information content (AvgIpc) is 2.17. The van der Waals surface area contributed by atoms with Gasteiger partial charge in [-0.15, -0.1) is 0 Å². The highest BCUT2D eigenvalue weighted by atomic mass is 32.2. The molecule has 1 rings (SSSR count). The molecule has 0 saturated heterocycles. The van der Waals surface area contributed by atoms with Crippen LogP contribution in [0.2, 0.25) is 0 Å². The van der Waals surface area contributed by atoms with Crippen molar-refractivity contribution in [1.82, 2.24) is 0 Å². The molecule has 90 valence electrons. The van der Waals surface area contributed by atoms with E-state index in [2.05, 4.69) is 0 Å². The summed E-state index contributed by atoms with van der Waals surface area (Å²) in [5, 5.41) is 8.17. The monoisotopic (exact) mass is 243 g/mol. The first kappa shape index (κ1) is 13.2. The van der Waals surface area contributed by atoms with Gasteiger partial charge in [-0.1, -0.05) is 24.3 Å². The van der Waals surface area contributed by atoms with Gasteiger partial charge in [0.15, 0.2) is 9.84 Å². The number of aliphatic hydroxyl groups excluding tert-OH is 1. The minimum atomic E-state index is -3.35. The third-order valence-corrected chi connectivity index (χ3v) is 4.22. The molecule has 0 unspecified atom stereocenters. The third kappa shape index (κ3) is 2.81. The molecule has 0 aliphatic rings. The third-order valence-electron chi connectivity index (χ3n) is 2.68. The molecule has 0 aliphatic heterocycles. The Hall–Kier alpha value is -0.910. The molecule has 16 heavy (non-hydrogen) atoms. The van der Waals surface area contributed by atoms with Crippen LogP contribution >= 0.6 is 0 Å². The number of hydrogen-bond donors (Lipinski definition) is 2. The van der Waals surface area contributed by atoms with E-state index in [1.165, 1.54) is 0 Å². The van der Waals surface area contributed by atoms with E-state index >= 15 is 0 Å². The smallest absolute Gasteiger partial charge is 0.154 e. The minimum Gasteiger partial charge on any atom is -0.395 e. The molecule has 0 saturated carbocycles. The number of hydrogen-bond acceptors (Lipinski definition) is 4. The Morgan fingerprint density at radius 3 is 2.38 bits per heavy atom. The Morgan fingerprint density at radius 2 is 1.94 bits per heavy atom. The van der Waals surface area contributed by atoms with E-state index in [1.807, 2.05) is 19.1 Å². The number of sulfone groups is 1. The summed E-state index contributed by atoms with van der Waals surface area (Å²) in [7, 11) is -3.35. The van der Waals surface area contributed by atoms with Gasteiger partial charge in [-0.2, -0.15) is 0 Å². The second-order valence-electron chi connectivity index (χ2n) is 3.93. The molecule has 0 aromatic heterocycles. The molecule has 0 fully saturated rings. The highest BCUT2D eigenvalue weighted by Gasteiger charge is 2.28. The van der Waals surface area contributed by atoms with Crippen molar-refractivity contribution in [1.29, 1.82) is 0 Å². The molecule has 3 N–H and O–H groups in total. The number of nitrogens with two attached hydrogens (primary N) is 1. The van der Waals surface area contributed by atoms with E-state index in [0.29, 0.717) is 0 Å². The molecule has 0 spiro atoms. The maximum atomic E-state index is 11.4. The van der Waals surface area contributed by atoms with Gasteiger partial charge in [0.1, 0.15) is 5.25 Å². The molecule has 0 radical (unpaired) electrons. The molecule has 2 atom stereocenters. The van der Waals surface area contributed by atoms with Crippen LogP contribution in [-0.4, -0.2) is 31.6 Å². The second-order valence-corrected chi connectivity index (χ2v) is 6.20.